The Labute approximate surface area is 481 Å². The molecule has 0 aliphatic rings. The molecule has 9 heteroatoms. The van der Waals surface area contributed by atoms with Crippen molar-refractivity contribution in [1.29, 1.82) is 0 Å². The van der Waals surface area contributed by atoms with Gasteiger partial charge in [-0.05, 0) is 135 Å². The number of nitrogens with zero attached hydrogens (tertiary/aromatic N) is 1. The first kappa shape index (κ1) is 73.4. The molecular weight excluding hydrogens is 983 g/mol. The number of rotatable bonds is 52. The monoisotopic (exact) mass is 1090 g/mol. The first-order valence-electron chi connectivity index (χ1n) is 29.9. The second-order valence-electron chi connectivity index (χ2n) is 20.2. The van der Waals surface area contributed by atoms with Crippen LogP contribution in [0.3, 0.4) is 0 Å². The van der Waals surface area contributed by atoms with Crippen molar-refractivity contribution in [2.24, 2.45) is 0 Å². The van der Waals surface area contributed by atoms with Crippen LogP contribution in [-0.2, 0) is 33.3 Å². The van der Waals surface area contributed by atoms with Gasteiger partial charge in [-0.1, -0.05) is 215 Å². The van der Waals surface area contributed by atoms with E-state index in [0.29, 0.717) is 23.9 Å². The lowest BCUT2D eigenvalue weighted by atomic mass is 10.1. The lowest BCUT2D eigenvalue weighted by Gasteiger charge is -2.25. The summed E-state index contributed by atoms with van der Waals surface area (Å²) in [5, 5.41) is 9.70. The van der Waals surface area contributed by atoms with Crippen molar-refractivity contribution in [2.45, 2.75) is 193 Å². The third-order valence-electron chi connectivity index (χ3n) is 11.7. The smallest absolute Gasteiger partial charge is 0.361 e. The van der Waals surface area contributed by atoms with Crippen LogP contribution in [0.15, 0.2) is 182 Å². The molecule has 0 aliphatic carbocycles. The molecule has 2 atom stereocenters. The quantitative estimate of drug-likeness (QED) is 0.0211. The molecule has 0 saturated carbocycles. The summed E-state index contributed by atoms with van der Waals surface area (Å²) in [6.45, 7) is 4.54. The van der Waals surface area contributed by atoms with Gasteiger partial charge in [0, 0.05) is 12.8 Å². The Morgan fingerprint density at radius 3 is 1.01 bits per heavy atom. The van der Waals surface area contributed by atoms with E-state index in [2.05, 4.69) is 196 Å². The molecule has 2 unspecified atom stereocenters. The van der Waals surface area contributed by atoms with Crippen LogP contribution in [0.2, 0.25) is 0 Å². The standard InChI is InChI=1S/C70H107NO8/c1-6-8-10-12-14-16-18-20-22-24-25-26-27-28-29-30-31-32-33-34-35-36-37-38-39-40-41-42-43-45-47-49-51-53-55-57-59-61-68(73)79-66(65-78-70(69(74)75)76-63-62-71(3,4)5)64-77-67(72)60-58-56-54-52-50-48-46-44-23-21-19-17-15-13-11-9-7-2/h8-11,14-17,20-23,25-26,28-29,31-32,34-35,37-38,40-41,43,45-46,48-49,51,66,70H,6-7,12-13,18-19,24,27,30,33,36,39,42,44,47,50,52-65H2,1-5H3/p+1/b10-8-,11-9-,16-14-,17-15-,22-20-,23-21-,26-25-,29-28-,32-31-,35-34-,38-37-,41-40-,45-43-,48-46-,51-49-. The Bertz CT molecular complexity index is 1940. The van der Waals surface area contributed by atoms with Gasteiger partial charge >= 0.3 is 17.9 Å². The van der Waals surface area contributed by atoms with Crippen LogP contribution in [0.5, 0.6) is 0 Å². The molecule has 0 spiro atoms. The number of allylic oxidation sites excluding steroid dienone is 30. The van der Waals surface area contributed by atoms with E-state index in [1.807, 2.05) is 21.1 Å². The average Bonchev–Trinajstić information content (AvgIpc) is 3.42. The molecule has 0 aromatic rings. The van der Waals surface area contributed by atoms with E-state index in [1.165, 1.54) is 0 Å². The Hall–Kier alpha value is -5.61. The number of hydrogen-bond acceptors (Lipinski definition) is 7. The Kier molecular flexibility index (Phi) is 54.4. The van der Waals surface area contributed by atoms with Crippen LogP contribution in [0.1, 0.15) is 181 Å². The van der Waals surface area contributed by atoms with Crippen molar-refractivity contribution in [3.8, 4) is 0 Å². The highest BCUT2D eigenvalue weighted by Crippen LogP contribution is 2.12. The predicted molar refractivity (Wildman–Crippen MR) is 336 cm³/mol. The van der Waals surface area contributed by atoms with E-state index < -0.39 is 24.3 Å². The number of ether oxygens (including phenoxy) is 4. The van der Waals surface area contributed by atoms with Crippen LogP contribution >= 0.6 is 0 Å². The minimum atomic E-state index is -1.54. The largest absolute Gasteiger partial charge is 0.477 e. The molecule has 0 rings (SSSR count). The number of unbranched alkanes of at least 4 members (excludes halogenated alkanes) is 7. The van der Waals surface area contributed by atoms with E-state index in [0.717, 1.165) is 141 Å². The SMILES string of the molecule is CC/C=C\C/C=C\C/C=C\C/C=C\C/C=C\C/C=C\C/C=C\C/C=C\C/C=C\C/C=C\C/C=C\CCCCCC(=O)OC(COC(=O)CCCCCC/C=C\C/C=C\C/C=C\C/C=C\CC)COC(OCC[N+](C)(C)C)C(=O)O. The van der Waals surface area contributed by atoms with Crippen LogP contribution in [-0.4, -0.2) is 87.4 Å². The van der Waals surface area contributed by atoms with Gasteiger partial charge in [0.2, 0.25) is 0 Å². The molecule has 0 aromatic carbocycles. The van der Waals surface area contributed by atoms with Crippen molar-refractivity contribution in [2.75, 3.05) is 47.5 Å². The zero-order chi connectivity index (χ0) is 57.6. The van der Waals surface area contributed by atoms with Crippen molar-refractivity contribution in [3.05, 3.63) is 182 Å². The summed E-state index contributed by atoms with van der Waals surface area (Å²) in [7, 11) is 5.93. The van der Waals surface area contributed by atoms with Gasteiger partial charge in [0.25, 0.3) is 6.29 Å². The number of carboxylic acids is 1. The topological polar surface area (TPSA) is 108 Å². The second-order valence-corrected chi connectivity index (χ2v) is 20.2. The number of carbonyl (C=O) groups excluding carboxylic acids is 2. The van der Waals surface area contributed by atoms with E-state index in [-0.39, 0.29) is 38.6 Å². The zero-order valence-corrected chi connectivity index (χ0v) is 49.9. The van der Waals surface area contributed by atoms with Crippen molar-refractivity contribution < 1.29 is 42.9 Å². The number of quaternary nitrogens is 1. The number of likely N-dealkylation sites (N-methyl/N-ethyl adjacent to an activating group) is 1. The van der Waals surface area contributed by atoms with Gasteiger partial charge < -0.3 is 28.5 Å². The van der Waals surface area contributed by atoms with Gasteiger partial charge in [-0.2, -0.15) is 0 Å². The van der Waals surface area contributed by atoms with E-state index in [4.69, 9.17) is 18.9 Å². The molecule has 0 radical (unpaired) electrons. The first-order chi connectivity index (χ1) is 38.6. The van der Waals surface area contributed by atoms with Crippen LogP contribution in [0.4, 0.5) is 0 Å². The van der Waals surface area contributed by atoms with Crippen molar-refractivity contribution >= 4 is 17.9 Å². The molecule has 9 nitrogen and oxygen atoms in total. The van der Waals surface area contributed by atoms with Gasteiger partial charge in [-0.25, -0.2) is 4.79 Å². The lowest BCUT2D eigenvalue weighted by molar-refractivity contribution is -0.870. The van der Waals surface area contributed by atoms with Crippen molar-refractivity contribution in [1.82, 2.24) is 0 Å². The molecule has 0 heterocycles. The highest BCUT2D eigenvalue weighted by Gasteiger charge is 2.25. The summed E-state index contributed by atoms with van der Waals surface area (Å²) in [6.07, 6.45) is 86.9. The highest BCUT2D eigenvalue weighted by atomic mass is 16.7. The fraction of sp³-hybridized carbons (Fsp3) is 0.529. The zero-order valence-electron chi connectivity index (χ0n) is 49.9. The minimum Gasteiger partial charge on any atom is -0.477 e. The second kappa shape index (κ2) is 58.5. The number of esters is 2. The molecule has 0 saturated heterocycles. The molecule has 0 fully saturated rings. The summed E-state index contributed by atoms with van der Waals surface area (Å²) < 4.78 is 22.8. The summed E-state index contributed by atoms with van der Waals surface area (Å²) >= 11 is 0. The number of aliphatic carboxylic acids is 1. The fourth-order valence-corrected chi connectivity index (χ4v) is 7.12. The average molecular weight is 1090 g/mol. The lowest BCUT2D eigenvalue weighted by Crippen LogP contribution is -2.40. The van der Waals surface area contributed by atoms with Gasteiger partial charge in [-0.15, -0.1) is 0 Å². The molecule has 0 amide bonds. The summed E-state index contributed by atoms with van der Waals surface area (Å²) in [6, 6.07) is 0. The van der Waals surface area contributed by atoms with Gasteiger partial charge in [-0.3, -0.25) is 9.59 Å². The Balaban J connectivity index is 4.36. The minimum absolute atomic E-state index is 0.165. The number of carboxylic acid groups (broad SMARTS) is 1. The predicted octanol–water partition coefficient (Wildman–Crippen LogP) is 18.1. The van der Waals surface area contributed by atoms with Crippen LogP contribution in [0, 0.1) is 0 Å². The summed E-state index contributed by atoms with van der Waals surface area (Å²) in [5.74, 6) is -2.11. The van der Waals surface area contributed by atoms with Crippen molar-refractivity contribution in [3.63, 3.8) is 0 Å². The molecule has 1 N–H and O–H groups in total. The Morgan fingerprint density at radius 1 is 0.380 bits per heavy atom. The third-order valence-corrected chi connectivity index (χ3v) is 11.7. The molecule has 0 aliphatic heterocycles. The molecule has 0 aromatic heterocycles. The normalized spacial score (nSPS) is 14.1. The van der Waals surface area contributed by atoms with E-state index >= 15 is 0 Å². The Morgan fingerprint density at radius 2 is 0.684 bits per heavy atom. The third kappa shape index (κ3) is 59.9. The molecule has 0 bridgehead atoms. The van der Waals surface area contributed by atoms with Crippen LogP contribution < -0.4 is 0 Å². The number of hydrogen-bond donors (Lipinski definition) is 1. The van der Waals surface area contributed by atoms with Gasteiger partial charge in [0.05, 0.1) is 34.4 Å². The maximum absolute atomic E-state index is 12.9. The summed E-state index contributed by atoms with van der Waals surface area (Å²) in [4.78, 5) is 37.4. The molecule has 79 heavy (non-hydrogen) atoms. The maximum Gasteiger partial charge on any atom is 0.361 e. The summed E-state index contributed by atoms with van der Waals surface area (Å²) in [5.41, 5.74) is 0. The van der Waals surface area contributed by atoms with Gasteiger partial charge in [0.15, 0.2) is 6.10 Å². The highest BCUT2D eigenvalue weighted by molar-refractivity contribution is 5.71. The fourth-order valence-electron chi connectivity index (χ4n) is 7.12. The molecule has 440 valence electrons. The first-order valence-corrected chi connectivity index (χ1v) is 29.9. The van der Waals surface area contributed by atoms with Gasteiger partial charge in [0.1, 0.15) is 13.2 Å². The number of carbonyl (C=O) groups is 3. The van der Waals surface area contributed by atoms with E-state index in [1.54, 1.807) is 0 Å². The molecular formula is C70H108NO8+. The maximum atomic E-state index is 12.9. The van der Waals surface area contributed by atoms with Crippen LogP contribution in [0.25, 0.3) is 0 Å². The van der Waals surface area contributed by atoms with E-state index in [9.17, 15) is 19.5 Å².